The number of hydrogen-bond acceptors (Lipinski definition) is 6. The first kappa shape index (κ1) is 20.8. The van der Waals surface area contributed by atoms with Gasteiger partial charge in [-0.3, -0.25) is 0 Å². The molecule has 0 fully saturated rings. The first-order chi connectivity index (χ1) is 14.4. The molecule has 0 radical (unpaired) electrons. The van der Waals surface area contributed by atoms with Gasteiger partial charge in [0.15, 0.2) is 12.4 Å². The zero-order valence-corrected chi connectivity index (χ0v) is 19.2. The zero-order valence-electron chi connectivity index (χ0n) is 16.2. The molecule has 0 amide bonds. The molecule has 0 spiro atoms. The Morgan fingerprint density at radius 3 is 2.53 bits per heavy atom. The fraction of sp³-hybridized carbons (Fsp3) is 0.143. The Morgan fingerprint density at radius 1 is 1.07 bits per heavy atom. The van der Waals surface area contributed by atoms with E-state index in [0.29, 0.717) is 16.8 Å². The molecule has 2 aromatic carbocycles. The topological polar surface area (TPSA) is 83.3 Å². The van der Waals surface area contributed by atoms with E-state index in [1.165, 1.54) is 3.97 Å². The molecule has 4 aromatic rings. The lowest BCUT2D eigenvalue weighted by Crippen LogP contribution is -2.12. The second kappa shape index (κ2) is 8.32. The Bertz CT molecular complexity index is 1320. The van der Waals surface area contributed by atoms with Gasteiger partial charge in [-0.2, -0.15) is 0 Å². The van der Waals surface area contributed by atoms with Crippen LogP contribution in [-0.4, -0.2) is 36.5 Å². The Hall–Kier alpha value is -2.50. The van der Waals surface area contributed by atoms with Crippen molar-refractivity contribution in [3.8, 4) is 17.0 Å². The first-order valence-corrected chi connectivity index (χ1v) is 11.5. The number of nitrogens with zero attached hydrogens (tertiary/aromatic N) is 3. The van der Waals surface area contributed by atoms with Gasteiger partial charge in [0.1, 0.15) is 5.75 Å². The van der Waals surface area contributed by atoms with Gasteiger partial charge in [0.25, 0.3) is 10.0 Å². The minimum Gasteiger partial charge on any atom is -0.467 e. The molecular formula is C21H18IN3O4S. The number of methoxy groups -OCH3 is 1. The summed E-state index contributed by atoms with van der Waals surface area (Å²) in [7, 11) is -2.24. The van der Waals surface area contributed by atoms with Crippen LogP contribution >= 0.6 is 22.6 Å². The van der Waals surface area contributed by atoms with Crippen LogP contribution in [0, 0.1) is 10.5 Å². The molecule has 154 valence electrons. The maximum absolute atomic E-state index is 13.2. The van der Waals surface area contributed by atoms with E-state index in [0.717, 1.165) is 14.7 Å². The average Bonchev–Trinajstić information content (AvgIpc) is 3.09. The van der Waals surface area contributed by atoms with Crippen LogP contribution in [-0.2, 0) is 14.8 Å². The number of benzene rings is 2. The van der Waals surface area contributed by atoms with Crippen molar-refractivity contribution in [3.05, 3.63) is 69.9 Å². The second-order valence-corrected chi connectivity index (χ2v) is 9.58. The molecule has 0 saturated carbocycles. The third kappa shape index (κ3) is 3.80. The van der Waals surface area contributed by atoms with Crippen molar-refractivity contribution < 1.29 is 17.9 Å². The SMILES string of the molecule is COCOc1ccccc1-c1cc2c(I)cn(S(=O)(=O)c3ccc(C)cc3)c2nn1. The Morgan fingerprint density at radius 2 is 1.80 bits per heavy atom. The molecule has 0 aliphatic carbocycles. The van der Waals surface area contributed by atoms with Gasteiger partial charge in [-0.1, -0.05) is 29.8 Å². The van der Waals surface area contributed by atoms with E-state index in [1.807, 2.05) is 37.3 Å². The fourth-order valence-corrected chi connectivity index (χ4v) is 5.20. The first-order valence-electron chi connectivity index (χ1n) is 8.99. The summed E-state index contributed by atoms with van der Waals surface area (Å²) in [5.74, 6) is 0.606. The quantitative estimate of drug-likeness (QED) is 0.272. The highest BCUT2D eigenvalue weighted by molar-refractivity contribution is 14.1. The van der Waals surface area contributed by atoms with Gasteiger partial charge in [-0.15, -0.1) is 10.2 Å². The van der Waals surface area contributed by atoms with Crippen LogP contribution in [0.1, 0.15) is 5.56 Å². The summed E-state index contributed by atoms with van der Waals surface area (Å²) in [6, 6.07) is 16.0. The molecule has 0 aliphatic rings. The van der Waals surface area contributed by atoms with E-state index in [1.54, 1.807) is 37.6 Å². The molecule has 0 atom stereocenters. The van der Waals surface area contributed by atoms with E-state index >= 15 is 0 Å². The Labute approximate surface area is 187 Å². The van der Waals surface area contributed by atoms with Gasteiger partial charge >= 0.3 is 0 Å². The number of halogens is 1. The van der Waals surface area contributed by atoms with Crippen molar-refractivity contribution in [2.75, 3.05) is 13.9 Å². The maximum atomic E-state index is 13.2. The number of aromatic nitrogens is 3. The standard InChI is InChI=1S/C21H18IN3O4S/c1-14-7-9-15(10-8-14)30(26,27)25-12-18(22)17-11-19(23-24-21(17)25)16-5-3-4-6-20(16)29-13-28-2/h3-12H,13H2,1-2H3. The van der Waals surface area contributed by atoms with Crippen LogP contribution in [0.15, 0.2) is 65.7 Å². The third-order valence-electron chi connectivity index (χ3n) is 4.54. The van der Waals surface area contributed by atoms with Crippen molar-refractivity contribution in [3.63, 3.8) is 0 Å². The van der Waals surface area contributed by atoms with Crippen LogP contribution in [0.4, 0.5) is 0 Å². The molecule has 9 heteroatoms. The molecule has 4 rings (SSSR count). The van der Waals surface area contributed by atoms with Gasteiger partial charge in [0, 0.05) is 27.8 Å². The molecule has 0 unspecified atom stereocenters. The Balaban J connectivity index is 1.82. The van der Waals surface area contributed by atoms with Gasteiger partial charge in [0.2, 0.25) is 0 Å². The minimum absolute atomic E-state index is 0.107. The molecule has 2 aromatic heterocycles. The van der Waals surface area contributed by atoms with Crippen LogP contribution in [0.2, 0.25) is 0 Å². The number of hydrogen-bond donors (Lipinski definition) is 0. The molecule has 0 aliphatic heterocycles. The maximum Gasteiger partial charge on any atom is 0.269 e. The molecule has 0 N–H and O–H groups in total. The lowest BCUT2D eigenvalue weighted by atomic mass is 10.1. The lowest BCUT2D eigenvalue weighted by Gasteiger charge is -2.10. The van der Waals surface area contributed by atoms with E-state index < -0.39 is 10.0 Å². The van der Waals surface area contributed by atoms with Gasteiger partial charge in [0.05, 0.1) is 10.6 Å². The van der Waals surface area contributed by atoms with Crippen LogP contribution in [0.25, 0.3) is 22.3 Å². The average molecular weight is 535 g/mol. The molecule has 30 heavy (non-hydrogen) atoms. The summed E-state index contributed by atoms with van der Waals surface area (Å²) in [4.78, 5) is 0.200. The van der Waals surface area contributed by atoms with Crippen molar-refractivity contribution >= 4 is 43.6 Å². The summed E-state index contributed by atoms with van der Waals surface area (Å²) in [6.07, 6.45) is 1.56. The summed E-state index contributed by atoms with van der Waals surface area (Å²) < 4.78 is 38.9. The summed E-state index contributed by atoms with van der Waals surface area (Å²) in [5, 5.41) is 9.23. The van der Waals surface area contributed by atoms with E-state index in [2.05, 4.69) is 32.8 Å². The highest BCUT2D eigenvalue weighted by Gasteiger charge is 2.23. The summed E-state index contributed by atoms with van der Waals surface area (Å²) in [6.45, 7) is 2.01. The predicted molar refractivity (Wildman–Crippen MR) is 122 cm³/mol. The Kier molecular flexibility index (Phi) is 5.76. The van der Waals surface area contributed by atoms with Crippen LogP contribution in [0.5, 0.6) is 5.75 Å². The summed E-state index contributed by atoms with van der Waals surface area (Å²) >= 11 is 2.11. The van der Waals surface area contributed by atoms with Crippen molar-refractivity contribution in [2.45, 2.75) is 11.8 Å². The summed E-state index contributed by atoms with van der Waals surface area (Å²) in [5.41, 5.74) is 2.59. The van der Waals surface area contributed by atoms with Crippen molar-refractivity contribution in [1.29, 1.82) is 0 Å². The van der Waals surface area contributed by atoms with Crippen molar-refractivity contribution in [1.82, 2.24) is 14.2 Å². The number of para-hydroxylation sites is 1. The van der Waals surface area contributed by atoms with E-state index in [9.17, 15) is 8.42 Å². The predicted octanol–water partition coefficient (Wildman–Crippen LogP) is 4.23. The van der Waals surface area contributed by atoms with E-state index in [4.69, 9.17) is 9.47 Å². The number of ether oxygens (including phenoxy) is 2. The largest absolute Gasteiger partial charge is 0.467 e. The lowest BCUT2D eigenvalue weighted by molar-refractivity contribution is 0.0515. The molecule has 2 heterocycles. The van der Waals surface area contributed by atoms with Gasteiger partial charge < -0.3 is 9.47 Å². The molecule has 0 saturated heterocycles. The van der Waals surface area contributed by atoms with Gasteiger partial charge in [-0.25, -0.2) is 12.4 Å². The minimum atomic E-state index is -3.79. The highest BCUT2D eigenvalue weighted by Crippen LogP contribution is 2.32. The van der Waals surface area contributed by atoms with Crippen molar-refractivity contribution in [2.24, 2.45) is 0 Å². The number of fused-ring (bicyclic) bond motifs is 1. The van der Waals surface area contributed by atoms with Gasteiger partial charge in [-0.05, 0) is 59.8 Å². The molecule has 7 nitrogen and oxygen atoms in total. The normalized spacial score (nSPS) is 11.7. The number of aryl methyl sites for hydroxylation is 1. The monoisotopic (exact) mass is 535 g/mol. The smallest absolute Gasteiger partial charge is 0.269 e. The fourth-order valence-electron chi connectivity index (χ4n) is 3.02. The van der Waals surface area contributed by atoms with Crippen LogP contribution < -0.4 is 4.74 Å². The van der Waals surface area contributed by atoms with Crippen LogP contribution in [0.3, 0.4) is 0 Å². The number of rotatable bonds is 6. The highest BCUT2D eigenvalue weighted by atomic mass is 127. The zero-order chi connectivity index (χ0) is 21.3. The molecular weight excluding hydrogens is 517 g/mol. The molecule has 0 bridgehead atoms. The third-order valence-corrected chi connectivity index (χ3v) is 7.07. The second-order valence-electron chi connectivity index (χ2n) is 6.60. The van der Waals surface area contributed by atoms with E-state index in [-0.39, 0.29) is 17.3 Å².